The van der Waals surface area contributed by atoms with Crippen LogP contribution in [-0.4, -0.2) is 0 Å². The lowest BCUT2D eigenvalue weighted by molar-refractivity contribution is 0.765. The molecule has 0 N–H and O–H groups in total. The molecule has 0 radical (unpaired) electrons. The van der Waals surface area contributed by atoms with E-state index in [1.165, 1.54) is 6.08 Å². The highest BCUT2D eigenvalue weighted by Crippen LogP contribution is 2.18. The van der Waals surface area contributed by atoms with E-state index in [1.807, 2.05) is 48.5 Å². The molecule has 0 aliphatic rings. The Kier molecular flexibility index (Phi) is 2.93. The van der Waals surface area contributed by atoms with Gasteiger partial charge in [-0.1, -0.05) is 60.7 Å². The predicted molar refractivity (Wildman–Crippen MR) is 61.9 cm³/mol. The van der Waals surface area contributed by atoms with Gasteiger partial charge < -0.3 is 0 Å². The summed E-state index contributed by atoms with van der Waals surface area (Å²) in [6.45, 7) is 0. The van der Waals surface area contributed by atoms with Crippen molar-refractivity contribution in [3.05, 3.63) is 71.8 Å². The van der Waals surface area contributed by atoms with E-state index < -0.39 is 0 Å². The molecule has 0 aromatic heterocycles. The molecule has 0 saturated heterocycles. The maximum atomic E-state index is 13.7. The van der Waals surface area contributed by atoms with Crippen molar-refractivity contribution in [2.75, 3.05) is 0 Å². The number of hydrogen-bond acceptors (Lipinski definition) is 0. The number of rotatable bonds is 2. The van der Waals surface area contributed by atoms with Crippen molar-refractivity contribution in [3.63, 3.8) is 0 Å². The van der Waals surface area contributed by atoms with Gasteiger partial charge >= 0.3 is 0 Å². The summed E-state index contributed by atoms with van der Waals surface area (Å²) in [7, 11) is 0. The quantitative estimate of drug-likeness (QED) is 0.636. The van der Waals surface area contributed by atoms with Crippen molar-refractivity contribution in [3.8, 4) is 0 Å². The summed E-state index contributed by atoms with van der Waals surface area (Å²) >= 11 is 0. The lowest BCUT2D eigenvalue weighted by Crippen LogP contribution is -1.77. The van der Waals surface area contributed by atoms with E-state index in [9.17, 15) is 4.39 Å². The van der Waals surface area contributed by atoms with Gasteiger partial charge in [-0.15, -0.1) is 0 Å². The van der Waals surface area contributed by atoms with E-state index in [-0.39, 0.29) is 5.83 Å². The molecule has 2 aromatic rings. The molecule has 0 unspecified atom stereocenters. The van der Waals surface area contributed by atoms with Crippen LogP contribution in [-0.2, 0) is 0 Å². The maximum Gasteiger partial charge on any atom is 0.131 e. The third-order valence-electron chi connectivity index (χ3n) is 2.14. The summed E-state index contributed by atoms with van der Waals surface area (Å²) in [6, 6.07) is 18.5. The molecule has 0 fully saturated rings. The Bertz CT molecular complexity index is 443. The maximum absolute atomic E-state index is 13.7. The average molecular weight is 198 g/mol. The number of benzene rings is 2. The van der Waals surface area contributed by atoms with Gasteiger partial charge in [0.2, 0.25) is 0 Å². The molecule has 0 saturated carbocycles. The van der Waals surface area contributed by atoms with Crippen molar-refractivity contribution < 1.29 is 4.39 Å². The Morgan fingerprint density at radius 2 is 1.33 bits per heavy atom. The van der Waals surface area contributed by atoms with Crippen molar-refractivity contribution >= 4 is 11.9 Å². The standard InChI is InChI=1S/C14H11F/c15-14(13-9-5-2-6-10-13)11-12-7-3-1-4-8-12/h1-11H/b14-11-. The first kappa shape index (κ1) is 9.66. The minimum atomic E-state index is -0.207. The fourth-order valence-electron chi connectivity index (χ4n) is 1.38. The van der Waals surface area contributed by atoms with Gasteiger partial charge in [0, 0.05) is 5.56 Å². The normalized spacial score (nSPS) is 11.4. The van der Waals surface area contributed by atoms with Gasteiger partial charge in [0.05, 0.1) is 0 Å². The van der Waals surface area contributed by atoms with Crippen molar-refractivity contribution in [2.24, 2.45) is 0 Å². The second-order valence-corrected chi connectivity index (χ2v) is 3.27. The Morgan fingerprint density at radius 1 is 0.800 bits per heavy atom. The molecule has 0 nitrogen and oxygen atoms in total. The highest BCUT2D eigenvalue weighted by molar-refractivity contribution is 5.76. The zero-order chi connectivity index (χ0) is 10.5. The molecule has 0 spiro atoms. The summed E-state index contributed by atoms with van der Waals surface area (Å²) in [6.07, 6.45) is 1.54. The van der Waals surface area contributed by atoms with E-state index in [2.05, 4.69) is 0 Å². The second-order valence-electron chi connectivity index (χ2n) is 3.27. The summed E-state index contributed by atoms with van der Waals surface area (Å²) in [4.78, 5) is 0. The summed E-state index contributed by atoms with van der Waals surface area (Å²) < 4.78 is 13.7. The summed E-state index contributed by atoms with van der Waals surface area (Å²) in [5, 5.41) is 0. The van der Waals surface area contributed by atoms with Crippen LogP contribution in [0.2, 0.25) is 0 Å². The van der Waals surface area contributed by atoms with Crippen LogP contribution < -0.4 is 0 Å². The first-order valence-electron chi connectivity index (χ1n) is 4.84. The van der Waals surface area contributed by atoms with Crippen LogP contribution in [0, 0.1) is 0 Å². The molecule has 0 aliphatic carbocycles. The molecule has 0 bridgehead atoms. The monoisotopic (exact) mass is 198 g/mol. The second kappa shape index (κ2) is 4.56. The average Bonchev–Trinajstić information content (AvgIpc) is 2.31. The van der Waals surface area contributed by atoms with Gasteiger partial charge in [-0.25, -0.2) is 4.39 Å². The zero-order valence-electron chi connectivity index (χ0n) is 8.23. The molecular weight excluding hydrogens is 187 g/mol. The molecule has 2 rings (SSSR count). The smallest absolute Gasteiger partial charge is 0.131 e. The van der Waals surface area contributed by atoms with Gasteiger partial charge in [0.1, 0.15) is 5.83 Å². The highest BCUT2D eigenvalue weighted by atomic mass is 19.1. The molecule has 0 atom stereocenters. The zero-order valence-corrected chi connectivity index (χ0v) is 8.23. The van der Waals surface area contributed by atoms with Crippen LogP contribution in [0.5, 0.6) is 0 Å². The van der Waals surface area contributed by atoms with Crippen LogP contribution in [0.25, 0.3) is 11.9 Å². The van der Waals surface area contributed by atoms with E-state index in [0.29, 0.717) is 5.56 Å². The van der Waals surface area contributed by atoms with E-state index in [1.54, 1.807) is 12.1 Å². The van der Waals surface area contributed by atoms with Crippen molar-refractivity contribution in [1.82, 2.24) is 0 Å². The molecule has 2 aromatic carbocycles. The van der Waals surface area contributed by atoms with Crippen LogP contribution in [0.3, 0.4) is 0 Å². The van der Waals surface area contributed by atoms with Gasteiger partial charge in [-0.2, -0.15) is 0 Å². The predicted octanol–water partition coefficient (Wildman–Crippen LogP) is 4.15. The topological polar surface area (TPSA) is 0 Å². The van der Waals surface area contributed by atoms with Crippen molar-refractivity contribution in [1.29, 1.82) is 0 Å². The van der Waals surface area contributed by atoms with Crippen LogP contribution in [0.4, 0.5) is 4.39 Å². The Balaban J connectivity index is 2.29. The molecule has 0 aliphatic heterocycles. The van der Waals surface area contributed by atoms with Gasteiger partial charge in [-0.05, 0) is 11.6 Å². The minimum Gasteiger partial charge on any atom is -0.206 e. The highest BCUT2D eigenvalue weighted by Gasteiger charge is 1.98. The van der Waals surface area contributed by atoms with Crippen LogP contribution in [0.15, 0.2) is 60.7 Å². The summed E-state index contributed by atoms with van der Waals surface area (Å²) in [5.74, 6) is -0.207. The van der Waals surface area contributed by atoms with Gasteiger partial charge in [-0.3, -0.25) is 0 Å². The fraction of sp³-hybridized carbons (Fsp3) is 0. The molecule has 0 heterocycles. The Hall–Kier alpha value is -1.89. The Labute approximate surface area is 88.7 Å². The lowest BCUT2D eigenvalue weighted by Gasteiger charge is -1.97. The summed E-state index contributed by atoms with van der Waals surface area (Å²) in [5.41, 5.74) is 1.49. The van der Waals surface area contributed by atoms with E-state index >= 15 is 0 Å². The van der Waals surface area contributed by atoms with Crippen LogP contribution >= 0.6 is 0 Å². The first-order valence-corrected chi connectivity index (χ1v) is 4.84. The minimum absolute atomic E-state index is 0.207. The Morgan fingerprint density at radius 3 is 1.93 bits per heavy atom. The number of halogens is 1. The molecule has 1 heteroatoms. The number of hydrogen-bond donors (Lipinski definition) is 0. The fourth-order valence-corrected chi connectivity index (χ4v) is 1.38. The van der Waals surface area contributed by atoms with Crippen LogP contribution in [0.1, 0.15) is 11.1 Å². The van der Waals surface area contributed by atoms with Gasteiger partial charge in [0.25, 0.3) is 0 Å². The molecule has 74 valence electrons. The third kappa shape index (κ3) is 2.53. The molecular formula is C14H11F. The largest absolute Gasteiger partial charge is 0.206 e. The molecule has 15 heavy (non-hydrogen) atoms. The first-order chi connectivity index (χ1) is 7.36. The van der Waals surface area contributed by atoms with E-state index in [0.717, 1.165) is 5.56 Å². The lowest BCUT2D eigenvalue weighted by atomic mass is 10.1. The molecule has 0 amide bonds. The third-order valence-corrected chi connectivity index (χ3v) is 2.14. The van der Waals surface area contributed by atoms with E-state index in [4.69, 9.17) is 0 Å². The van der Waals surface area contributed by atoms with Gasteiger partial charge in [0.15, 0.2) is 0 Å². The SMILES string of the molecule is F/C(=C\c1ccccc1)c1ccccc1. The van der Waals surface area contributed by atoms with Crippen molar-refractivity contribution in [2.45, 2.75) is 0 Å².